The number of hydrogen-bond acceptors (Lipinski definition) is 2. The quantitative estimate of drug-likeness (QED) is 0.179. The summed E-state index contributed by atoms with van der Waals surface area (Å²) < 4.78 is 6.99. The monoisotopic (exact) mass is 739 g/mol. The van der Waals surface area contributed by atoms with Crippen LogP contribution in [0.25, 0.3) is 55.3 Å². The van der Waals surface area contributed by atoms with Gasteiger partial charge in [-0.25, -0.2) is 0 Å². The normalized spacial score (nSPS) is 16.2. The van der Waals surface area contributed by atoms with Crippen molar-refractivity contribution >= 4 is 39.0 Å². The van der Waals surface area contributed by atoms with Gasteiger partial charge >= 0.3 is 0 Å². The molecular formula is C55H49NO. The van der Waals surface area contributed by atoms with Gasteiger partial charge in [0.25, 0.3) is 0 Å². The molecule has 3 aliphatic rings. The van der Waals surface area contributed by atoms with Gasteiger partial charge in [-0.15, -0.1) is 0 Å². The number of fused-ring (bicyclic) bond motifs is 13. The minimum atomic E-state index is -0.223. The predicted molar refractivity (Wildman–Crippen MR) is 240 cm³/mol. The first kappa shape index (κ1) is 34.4. The van der Waals surface area contributed by atoms with Crippen LogP contribution in [0.15, 0.2) is 138 Å². The van der Waals surface area contributed by atoms with Crippen molar-refractivity contribution in [3.63, 3.8) is 0 Å². The van der Waals surface area contributed by atoms with Gasteiger partial charge in [-0.05, 0) is 109 Å². The van der Waals surface area contributed by atoms with Gasteiger partial charge in [0.15, 0.2) is 0 Å². The van der Waals surface area contributed by atoms with Gasteiger partial charge in [-0.3, -0.25) is 0 Å². The van der Waals surface area contributed by atoms with Gasteiger partial charge in [-0.1, -0.05) is 153 Å². The molecular weight excluding hydrogens is 691 g/mol. The van der Waals surface area contributed by atoms with Crippen molar-refractivity contribution in [3.05, 3.63) is 172 Å². The second kappa shape index (κ2) is 11.2. The third kappa shape index (κ3) is 4.53. The Kier molecular flexibility index (Phi) is 6.74. The van der Waals surface area contributed by atoms with Crippen molar-refractivity contribution in [3.8, 4) is 33.4 Å². The Balaban J connectivity index is 1.19. The van der Waals surface area contributed by atoms with E-state index in [1.807, 2.05) is 0 Å². The zero-order valence-corrected chi connectivity index (χ0v) is 34.6. The summed E-state index contributed by atoms with van der Waals surface area (Å²) in [5.74, 6) is 0. The molecule has 0 saturated carbocycles. The fraction of sp³-hybridized carbons (Fsp3) is 0.236. The fourth-order valence-electron chi connectivity index (χ4n) is 10.8. The van der Waals surface area contributed by atoms with Crippen LogP contribution in [0, 0.1) is 0 Å². The third-order valence-electron chi connectivity index (χ3n) is 14.0. The van der Waals surface area contributed by atoms with Crippen LogP contribution in [0.1, 0.15) is 101 Å². The SMILES string of the molecule is CC(C)(C)c1ccc2oc3c4c(ccc3c2c1)C(C)(C)c1cccc(N(c2ccc3c(c2)C(C)(C)c2ccccc2-3)c2ccc3c(c2)C(C)(C)c2ccccc2-3)c1-4. The Bertz CT molecular complexity index is 2930. The highest BCUT2D eigenvalue weighted by Crippen LogP contribution is 2.59. The Labute approximate surface area is 336 Å². The summed E-state index contributed by atoms with van der Waals surface area (Å²) in [6.07, 6.45) is 0. The lowest BCUT2D eigenvalue weighted by Crippen LogP contribution is -2.18. The Hall–Kier alpha value is -5.86. The van der Waals surface area contributed by atoms with E-state index < -0.39 is 0 Å². The smallest absolute Gasteiger partial charge is 0.143 e. The molecule has 1 heterocycles. The molecule has 280 valence electrons. The third-order valence-corrected chi connectivity index (χ3v) is 14.0. The molecule has 57 heavy (non-hydrogen) atoms. The Morgan fingerprint density at radius 2 is 0.965 bits per heavy atom. The van der Waals surface area contributed by atoms with Gasteiger partial charge in [0.1, 0.15) is 11.2 Å². The molecule has 8 aromatic rings. The molecule has 0 radical (unpaired) electrons. The Morgan fingerprint density at radius 1 is 0.439 bits per heavy atom. The largest absolute Gasteiger partial charge is 0.455 e. The van der Waals surface area contributed by atoms with Crippen LogP contribution < -0.4 is 4.90 Å². The van der Waals surface area contributed by atoms with Gasteiger partial charge in [0.05, 0.1) is 5.69 Å². The second-order valence-corrected chi connectivity index (χ2v) is 19.4. The van der Waals surface area contributed by atoms with Crippen LogP contribution >= 0.6 is 0 Å². The van der Waals surface area contributed by atoms with E-state index in [9.17, 15) is 0 Å². The summed E-state index contributed by atoms with van der Waals surface area (Å²) in [4.78, 5) is 2.54. The van der Waals surface area contributed by atoms with E-state index in [1.165, 1.54) is 88.8 Å². The van der Waals surface area contributed by atoms with Crippen LogP contribution in [-0.4, -0.2) is 0 Å². The summed E-state index contributed by atoms with van der Waals surface area (Å²) in [5.41, 5.74) is 22.2. The van der Waals surface area contributed by atoms with Crippen LogP contribution in [0.5, 0.6) is 0 Å². The molecule has 2 heteroatoms. The zero-order valence-electron chi connectivity index (χ0n) is 34.6. The van der Waals surface area contributed by atoms with Gasteiger partial charge < -0.3 is 9.32 Å². The molecule has 11 rings (SSSR count). The zero-order chi connectivity index (χ0) is 39.4. The predicted octanol–water partition coefficient (Wildman–Crippen LogP) is 15.3. The van der Waals surface area contributed by atoms with Crippen molar-refractivity contribution in [1.82, 2.24) is 0 Å². The van der Waals surface area contributed by atoms with E-state index in [-0.39, 0.29) is 21.7 Å². The molecule has 7 aromatic carbocycles. The molecule has 0 bridgehead atoms. The fourth-order valence-corrected chi connectivity index (χ4v) is 10.8. The van der Waals surface area contributed by atoms with Gasteiger partial charge in [0, 0.05) is 49.5 Å². The van der Waals surface area contributed by atoms with Gasteiger partial charge in [-0.2, -0.15) is 0 Å². The van der Waals surface area contributed by atoms with Crippen LogP contribution in [0.3, 0.4) is 0 Å². The van der Waals surface area contributed by atoms with E-state index in [0.717, 1.165) is 22.5 Å². The second-order valence-electron chi connectivity index (χ2n) is 19.4. The van der Waals surface area contributed by atoms with Crippen molar-refractivity contribution < 1.29 is 4.42 Å². The minimum absolute atomic E-state index is 0.0361. The van der Waals surface area contributed by atoms with Gasteiger partial charge in [0.2, 0.25) is 0 Å². The molecule has 1 aromatic heterocycles. The molecule has 0 unspecified atom stereocenters. The van der Waals surface area contributed by atoms with Crippen LogP contribution in [0.2, 0.25) is 0 Å². The van der Waals surface area contributed by atoms with E-state index in [4.69, 9.17) is 4.42 Å². The molecule has 0 aliphatic heterocycles. The summed E-state index contributed by atoms with van der Waals surface area (Å²) in [5, 5.41) is 2.36. The minimum Gasteiger partial charge on any atom is -0.455 e. The molecule has 3 aliphatic carbocycles. The molecule has 0 spiro atoms. The highest BCUT2D eigenvalue weighted by atomic mass is 16.3. The van der Waals surface area contributed by atoms with Crippen molar-refractivity contribution in [2.75, 3.05) is 4.90 Å². The maximum absolute atomic E-state index is 6.99. The van der Waals surface area contributed by atoms with Crippen molar-refractivity contribution in [2.45, 2.75) is 84.0 Å². The summed E-state index contributed by atoms with van der Waals surface area (Å²) >= 11 is 0. The van der Waals surface area contributed by atoms with Crippen LogP contribution in [0.4, 0.5) is 17.1 Å². The van der Waals surface area contributed by atoms with E-state index >= 15 is 0 Å². The summed E-state index contributed by atoms with van der Waals surface area (Å²) in [6.45, 7) is 21.1. The average Bonchev–Trinajstić information content (AvgIpc) is 3.83. The summed E-state index contributed by atoms with van der Waals surface area (Å²) in [7, 11) is 0. The molecule has 0 atom stereocenters. The summed E-state index contributed by atoms with van der Waals surface area (Å²) in [6, 6.07) is 50.6. The first-order chi connectivity index (χ1) is 27.2. The Morgan fingerprint density at radius 3 is 1.56 bits per heavy atom. The number of benzene rings is 7. The highest BCUT2D eigenvalue weighted by Gasteiger charge is 2.42. The molecule has 2 nitrogen and oxygen atoms in total. The number of furan rings is 1. The lowest BCUT2D eigenvalue weighted by atomic mass is 9.81. The number of rotatable bonds is 3. The maximum atomic E-state index is 6.99. The van der Waals surface area contributed by atoms with Crippen molar-refractivity contribution in [1.29, 1.82) is 0 Å². The number of anilines is 3. The maximum Gasteiger partial charge on any atom is 0.143 e. The topological polar surface area (TPSA) is 16.4 Å². The van der Waals surface area contributed by atoms with Crippen LogP contribution in [-0.2, 0) is 21.7 Å². The van der Waals surface area contributed by atoms with E-state index in [1.54, 1.807) is 0 Å². The number of nitrogens with zero attached hydrogens (tertiary/aromatic N) is 1. The molecule has 0 fully saturated rings. The van der Waals surface area contributed by atoms with Crippen molar-refractivity contribution in [2.24, 2.45) is 0 Å². The molecule has 0 saturated heterocycles. The molecule has 0 N–H and O–H groups in total. The standard InChI is InChI=1S/C55H49NO/c1-52(2,3)32-21-28-48-40(29-32)39-26-27-44-50(51(39)57-48)49-43(55(44,8)9)19-14-20-47(49)56(33-22-24-37-35-15-10-12-17-41(35)53(4,5)45(37)30-33)34-23-25-38-36-16-11-13-18-42(36)54(6,7)46(38)31-34/h10-31H,1-9H3. The lowest BCUT2D eigenvalue weighted by molar-refractivity contribution is 0.590. The lowest BCUT2D eigenvalue weighted by Gasteiger charge is -2.31. The first-order valence-corrected chi connectivity index (χ1v) is 20.6. The average molecular weight is 740 g/mol. The first-order valence-electron chi connectivity index (χ1n) is 20.6. The molecule has 0 amide bonds. The van der Waals surface area contributed by atoms with E-state index in [2.05, 4.69) is 201 Å². The highest BCUT2D eigenvalue weighted by molar-refractivity contribution is 6.14. The van der Waals surface area contributed by atoms with E-state index in [0.29, 0.717) is 0 Å². The number of hydrogen-bond donors (Lipinski definition) is 0.